The molecule has 0 bridgehead atoms. The van der Waals surface area contributed by atoms with Crippen molar-refractivity contribution in [1.82, 2.24) is 14.8 Å². The van der Waals surface area contributed by atoms with E-state index in [1.807, 2.05) is 13.8 Å². The van der Waals surface area contributed by atoms with E-state index in [1.165, 1.54) is 0 Å². The number of hydrogen-bond acceptors (Lipinski definition) is 2. The molecule has 0 aromatic carbocycles. The fourth-order valence-electron chi connectivity index (χ4n) is 1.58. The summed E-state index contributed by atoms with van der Waals surface area (Å²) in [5, 5.41) is 6.74. The molecule has 0 saturated heterocycles. The lowest BCUT2D eigenvalue weighted by Gasteiger charge is -2.09. The van der Waals surface area contributed by atoms with Gasteiger partial charge in [0.2, 0.25) is 0 Å². The monoisotopic (exact) mass is 267 g/mol. The predicted octanol–water partition coefficient (Wildman–Crippen LogP) is 3.80. The molecule has 0 radical (unpaired) electrons. The number of aromatic amines is 1. The van der Waals surface area contributed by atoms with Crippen molar-refractivity contribution in [2.75, 3.05) is 0 Å². The van der Waals surface area contributed by atoms with Crippen LogP contribution >= 0.6 is 12.2 Å². The highest BCUT2D eigenvalue weighted by atomic mass is 32.1. The topological polar surface area (TPSA) is 33.6 Å². The number of nitrogens with zero attached hydrogens (tertiary/aromatic N) is 2. The van der Waals surface area contributed by atoms with Gasteiger partial charge < -0.3 is 4.57 Å². The SMILES string of the molecule is CC(C)c1n[nH]c(=S)n1CCCCC(F)(F)F. The largest absolute Gasteiger partial charge is 0.389 e. The van der Waals surface area contributed by atoms with Crippen molar-refractivity contribution in [1.29, 1.82) is 0 Å². The summed E-state index contributed by atoms with van der Waals surface area (Å²) in [7, 11) is 0. The lowest BCUT2D eigenvalue weighted by molar-refractivity contribution is -0.135. The van der Waals surface area contributed by atoms with E-state index in [0.717, 1.165) is 5.82 Å². The molecule has 0 aliphatic rings. The van der Waals surface area contributed by atoms with Crippen molar-refractivity contribution < 1.29 is 13.2 Å². The minimum absolute atomic E-state index is 0.119. The van der Waals surface area contributed by atoms with E-state index in [-0.39, 0.29) is 12.3 Å². The number of H-pyrrole nitrogens is 1. The number of rotatable bonds is 5. The Morgan fingerprint density at radius 1 is 1.35 bits per heavy atom. The summed E-state index contributed by atoms with van der Waals surface area (Å²) in [4.78, 5) is 0. The fourth-order valence-corrected chi connectivity index (χ4v) is 1.81. The molecule has 17 heavy (non-hydrogen) atoms. The highest BCUT2D eigenvalue weighted by molar-refractivity contribution is 7.71. The normalized spacial score (nSPS) is 12.4. The van der Waals surface area contributed by atoms with Gasteiger partial charge in [0.1, 0.15) is 5.82 Å². The van der Waals surface area contributed by atoms with Crippen LogP contribution in [-0.4, -0.2) is 20.9 Å². The maximum Gasteiger partial charge on any atom is 0.389 e. The minimum atomic E-state index is -4.07. The van der Waals surface area contributed by atoms with Crippen LogP contribution in [0.4, 0.5) is 13.2 Å². The summed E-state index contributed by atoms with van der Waals surface area (Å²) in [6, 6.07) is 0. The molecule has 3 nitrogen and oxygen atoms in total. The molecule has 0 spiro atoms. The van der Waals surface area contributed by atoms with Gasteiger partial charge in [-0.05, 0) is 25.1 Å². The van der Waals surface area contributed by atoms with Crippen molar-refractivity contribution in [2.24, 2.45) is 0 Å². The Bertz CT molecular complexity index is 406. The van der Waals surface area contributed by atoms with E-state index >= 15 is 0 Å². The van der Waals surface area contributed by atoms with E-state index in [9.17, 15) is 13.2 Å². The third-order valence-corrected chi connectivity index (χ3v) is 2.71. The number of halogens is 3. The molecule has 1 aromatic rings. The second kappa shape index (κ2) is 5.66. The maximum absolute atomic E-state index is 12.0. The highest BCUT2D eigenvalue weighted by Crippen LogP contribution is 2.22. The lowest BCUT2D eigenvalue weighted by atomic mass is 10.2. The van der Waals surface area contributed by atoms with Crippen molar-refractivity contribution in [3.05, 3.63) is 10.6 Å². The summed E-state index contributed by atoms with van der Waals surface area (Å²) >= 11 is 5.04. The number of alkyl halides is 3. The van der Waals surface area contributed by atoms with E-state index in [0.29, 0.717) is 17.7 Å². The lowest BCUT2D eigenvalue weighted by Crippen LogP contribution is -2.09. The van der Waals surface area contributed by atoms with Crippen LogP contribution in [-0.2, 0) is 6.54 Å². The van der Waals surface area contributed by atoms with Crippen molar-refractivity contribution >= 4 is 12.2 Å². The highest BCUT2D eigenvalue weighted by Gasteiger charge is 2.25. The summed E-state index contributed by atoms with van der Waals surface area (Å²) in [6.45, 7) is 4.42. The zero-order valence-corrected chi connectivity index (χ0v) is 10.7. The zero-order valence-electron chi connectivity index (χ0n) is 9.84. The van der Waals surface area contributed by atoms with Crippen LogP contribution in [0.5, 0.6) is 0 Å². The van der Waals surface area contributed by atoms with Gasteiger partial charge in [-0.15, -0.1) is 0 Å². The average Bonchev–Trinajstić information content (AvgIpc) is 2.53. The van der Waals surface area contributed by atoms with Gasteiger partial charge in [0.05, 0.1) is 0 Å². The second-order valence-electron chi connectivity index (χ2n) is 4.27. The van der Waals surface area contributed by atoms with Gasteiger partial charge >= 0.3 is 6.18 Å². The van der Waals surface area contributed by atoms with Gasteiger partial charge in [-0.2, -0.15) is 18.3 Å². The quantitative estimate of drug-likeness (QED) is 0.650. The van der Waals surface area contributed by atoms with Crippen LogP contribution in [0, 0.1) is 4.77 Å². The molecule has 98 valence electrons. The summed E-state index contributed by atoms with van der Waals surface area (Å²) in [5.74, 6) is 0.993. The van der Waals surface area contributed by atoms with E-state index in [1.54, 1.807) is 4.57 Å². The Morgan fingerprint density at radius 2 is 2.00 bits per heavy atom. The Labute approximate surface area is 103 Å². The van der Waals surface area contributed by atoms with E-state index in [4.69, 9.17) is 12.2 Å². The molecule has 0 saturated carbocycles. The second-order valence-corrected chi connectivity index (χ2v) is 4.65. The first-order chi connectivity index (χ1) is 7.81. The van der Waals surface area contributed by atoms with E-state index in [2.05, 4.69) is 10.2 Å². The smallest absolute Gasteiger partial charge is 0.304 e. The Balaban J connectivity index is 2.52. The standard InChI is InChI=1S/C10H16F3N3S/c1-7(2)8-14-15-9(17)16(8)6-4-3-5-10(11,12)13/h7H,3-6H2,1-2H3,(H,15,17). The molecule has 0 unspecified atom stereocenters. The van der Waals surface area contributed by atoms with Crippen molar-refractivity contribution in [3.63, 3.8) is 0 Å². The molecule has 1 rings (SSSR count). The molecule has 1 heterocycles. The Kier molecular flexibility index (Phi) is 4.73. The summed E-state index contributed by atoms with van der Waals surface area (Å²) in [6.07, 6.45) is -4.24. The molecule has 0 aliphatic heterocycles. The van der Waals surface area contributed by atoms with Gasteiger partial charge in [-0.1, -0.05) is 13.8 Å². The number of hydrogen-bond donors (Lipinski definition) is 1. The van der Waals surface area contributed by atoms with Crippen molar-refractivity contribution in [3.8, 4) is 0 Å². The van der Waals surface area contributed by atoms with Crippen molar-refractivity contribution in [2.45, 2.75) is 51.7 Å². The molecular weight excluding hydrogens is 251 g/mol. The van der Waals surface area contributed by atoms with Crippen LogP contribution in [0.3, 0.4) is 0 Å². The average molecular weight is 267 g/mol. The van der Waals surface area contributed by atoms with Gasteiger partial charge in [0.25, 0.3) is 0 Å². The predicted molar refractivity (Wildman–Crippen MR) is 61.4 cm³/mol. The molecule has 1 N–H and O–H groups in total. The molecule has 7 heteroatoms. The third kappa shape index (κ3) is 4.49. The van der Waals surface area contributed by atoms with E-state index < -0.39 is 12.6 Å². The molecular formula is C10H16F3N3S. The van der Waals surface area contributed by atoms with Gasteiger partial charge in [-0.3, -0.25) is 5.10 Å². The van der Waals surface area contributed by atoms with Gasteiger partial charge in [0.15, 0.2) is 4.77 Å². The summed E-state index contributed by atoms with van der Waals surface area (Å²) < 4.78 is 38.1. The molecule has 0 amide bonds. The van der Waals surface area contributed by atoms with Crippen LogP contribution in [0.15, 0.2) is 0 Å². The van der Waals surface area contributed by atoms with Crippen LogP contribution in [0.25, 0.3) is 0 Å². The molecule has 0 atom stereocenters. The number of nitrogens with one attached hydrogen (secondary N) is 1. The van der Waals surface area contributed by atoms with Crippen LogP contribution in [0.1, 0.15) is 44.9 Å². The first-order valence-electron chi connectivity index (χ1n) is 5.53. The Hall–Kier alpha value is -0.850. The third-order valence-electron chi connectivity index (χ3n) is 2.40. The Morgan fingerprint density at radius 3 is 2.53 bits per heavy atom. The number of aromatic nitrogens is 3. The zero-order chi connectivity index (χ0) is 13.1. The first-order valence-corrected chi connectivity index (χ1v) is 5.94. The van der Waals surface area contributed by atoms with Gasteiger partial charge in [-0.25, -0.2) is 0 Å². The van der Waals surface area contributed by atoms with Crippen LogP contribution in [0.2, 0.25) is 0 Å². The number of unbranched alkanes of at least 4 members (excludes halogenated alkanes) is 1. The molecule has 0 fully saturated rings. The molecule has 1 aromatic heterocycles. The maximum atomic E-state index is 12.0. The van der Waals surface area contributed by atoms with Crippen LogP contribution < -0.4 is 0 Å². The fraction of sp³-hybridized carbons (Fsp3) is 0.800. The minimum Gasteiger partial charge on any atom is -0.304 e. The van der Waals surface area contributed by atoms with Gasteiger partial charge in [0, 0.05) is 18.9 Å². The molecule has 0 aliphatic carbocycles. The summed E-state index contributed by atoms with van der Waals surface area (Å²) in [5.41, 5.74) is 0. The first kappa shape index (κ1) is 14.2.